The highest BCUT2D eigenvalue weighted by molar-refractivity contribution is 4.91. The molecule has 0 aromatic rings. The zero-order chi connectivity index (χ0) is 13.3. The van der Waals surface area contributed by atoms with Gasteiger partial charge in [-0.3, -0.25) is 0 Å². The van der Waals surface area contributed by atoms with Crippen molar-refractivity contribution >= 4 is 0 Å². The van der Waals surface area contributed by atoms with Crippen LogP contribution in [0.15, 0.2) is 0 Å². The summed E-state index contributed by atoms with van der Waals surface area (Å²) in [5.41, 5.74) is -0.190. The summed E-state index contributed by atoms with van der Waals surface area (Å²) in [6, 6.07) is 2.36. The Morgan fingerprint density at radius 2 is 1.94 bits per heavy atom. The Balaban J connectivity index is 3.95. The molecule has 0 aliphatic rings. The van der Waals surface area contributed by atoms with E-state index in [1.54, 1.807) is 7.11 Å². The summed E-state index contributed by atoms with van der Waals surface area (Å²) >= 11 is 0. The molecule has 0 N–H and O–H groups in total. The lowest BCUT2D eigenvalue weighted by Crippen LogP contribution is -2.32. The van der Waals surface area contributed by atoms with E-state index in [2.05, 4.69) is 24.8 Å². The Bertz CT molecular complexity index is 231. The summed E-state index contributed by atoms with van der Waals surface area (Å²) in [5.74, 6) is 0.677. The number of rotatable bonds is 9. The molecule has 0 amide bonds. The number of hydrogen-bond donors (Lipinski definition) is 0. The van der Waals surface area contributed by atoms with Crippen molar-refractivity contribution in [3.8, 4) is 6.07 Å². The zero-order valence-electron chi connectivity index (χ0n) is 12.1. The average molecular weight is 240 g/mol. The first-order chi connectivity index (χ1) is 7.91. The maximum atomic E-state index is 8.96. The molecule has 3 heteroatoms. The van der Waals surface area contributed by atoms with Crippen LogP contribution in [0.3, 0.4) is 0 Å². The number of ether oxygens (including phenoxy) is 1. The minimum absolute atomic E-state index is 0.190. The second-order valence-corrected chi connectivity index (χ2v) is 5.79. The third-order valence-electron chi connectivity index (χ3n) is 2.81. The lowest BCUT2D eigenvalue weighted by Gasteiger charge is -2.25. The second kappa shape index (κ2) is 8.49. The standard InChI is InChI=1S/C14H28N2O/c1-13(2)11-16(9-10-17-5)8-6-7-14(3,4)12-15/h13H,6-11H2,1-5H3. The molecule has 100 valence electrons. The first-order valence-corrected chi connectivity index (χ1v) is 6.54. The molecule has 0 aliphatic heterocycles. The Labute approximate surface area is 107 Å². The summed E-state index contributed by atoms with van der Waals surface area (Å²) in [7, 11) is 1.74. The van der Waals surface area contributed by atoms with Crippen molar-refractivity contribution in [1.29, 1.82) is 5.26 Å². The van der Waals surface area contributed by atoms with E-state index in [4.69, 9.17) is 10.00 Å². The molecule has 0 aliphatic carbocycles. The molecule has 0 aromatic heterocycles. The maximum absolute atomic E-state index is 8.96. The minimum atomic E-state index is -0.190. The fraction of sp³-hybridized carbons (Fsp3) is 0.929. The molecule has 0 aromatic carbocycles. The normalized spacial score (nSPS) is 12.1. The van der Waals surface area contributed by atoms with E-state index in [9.17, 15) is 0 Å². The Morgan fingerprint density at radius 3 is 2.41 bits per heavy atom. The topological polar surface area (TPSA) is 36.3 Å². The molecule has 0 saturated heterocycles. The summed E-state index contributed by atoms with van der Waals surface area (Å²) in [5, 5.41) is 8.96. The smallest absolute Gasteiger partial charge is 0.0683 e. The van der Waals surface area contributed by atoms with Crippen molar-refractivity contribution < 1.29 is 4.74 Å². The van der Waals surface area contributed by atoms with Crippen LogP contribution in [0.4, 0.5) is 0 Å². The van der Waals surface area contributed by atoms with E-state index < -0.39 is 0 Å². The Kier molecular flexibility index (Phi) is 8.20. The molecule has 0 heterocycles. The number of hydrogen-bond acceptors (Lipinski definition) is 3. The molecule has 0 bridgehead atoms. The molecule has 0 rings (SSSR count). The average Bonchev–Trinajstić information content (AvgIpc) is 2.24. The fourth-order valence-electron chi connectivity index (χ4n) is 1.83. The van der Waals surface area contributed by atoms with Gasteiger partial charge in [-0.15, -0.1) is 0 Å². The van der Waals surface area contributed by atoms with Crippen molar-refractivity contribution in [2.75, 3.05) is 33.4 Å². The predicted molar refractivity (Wildman–Crippen MR) is 71.8 cm³/mol. The highest BCUT2D eigenvalue weighted by Crippen LogP contribution is 2.20. The van der Waals surface area contributed by atoms with E-state index in [0.29, 0.717) is 5.92 Å². The van der Waals surface area contributed by atoms with Gasteiger partial charge in [0.05, 0.1) is 18.1 Å². The molecule has 17 heavy (non-hydrogen) atoms. The predicted octanol–water partition coefficient (Wildman–Crippen LogP) is 2.92. The van der Waals surface area contributed by atoms with Crippen LogP contribution >= 0.6 is 0 Å². The van der Waals surface area contributed by atoms with Gasteiger partial charge >= 0.3 is 0 Å². The van der Waals surface area contributed by atoms with Crippen LogP contribution < -0.4 is 0 Å². The van der Waals surface area contributed by atoms with E-state index in [1.807, 2.05) is 13.8 Å². The van der Waals surface area contributed by atoms with Crippen molar-refractivity contribution in [3.05, 3.63) is 0 Å². The van der Waals surface area contributed by atoms with Gasteiger partial charge < -0.3 is 9.64 Å². The van der Waals surface area contributed by atoms with Crippen LogP contribution in [0, 0.1) is 22.7 Å². The molecule has 3 nitrogen and oxygen atoms in total. The number of methoxy groups -OCH3 is 1. The van der Waals surface area contributed by atoms with Crippen LogP contribution in [-0.4, -0.2) is 38.3 Å². The molecule has 0 unspecified atom stereocenters. The van der Waals surface area contributed by atoms with Gasteiger partial charge in [-0.1, -0.05) is 13.8 Å². The number of nitrogens with zero attached hydrogens (tertiary/aromatic N) is 2. The zero-order valence-corrected chi connectivity index (χ0v) is 12.1. The quantitative estimate of drug-likeness (QED) is 0.621. The van der Waals surface area contributed by atoms with Gasteiger partial charge in [0.2, 0.25) is 0 Å². The van der Waals surface area contributed by atoms with Crippen molar-refractivity contribution in [3.63, 3.8) is 0 Å². The van der Waals surface area contributed by atoms with Crippen LogP contribution in [0.25, 0.3) is 0 Å². The van der Waals surface area contributed by atoms with E-state index in [-0.39, 0.29) is 5.41 Å². The second-order valence-electron chi connectivity index (χ2n) is 5.79. The van der Waals surface area contributed by atoms with Crippen LogP contribution in [0.2, 0.25) is 0 Å². The van der Waals surface area contributed by atoms with Crippen LogP contribution in [-0.2, 0) is 4.74 Å². The SMILES string of the molecule is COCCN(CCCC(C)(C)C#N)CC(C)C. The molecule has 0 fully saturated rings. The Morgan fingerprint density at radius 1 is 1.29 bits per heavy atom. The van der Waals surface area contributed by atoms with Gasteiger partial charge in [0.15, 0.2) is 0 Å². The highest BCUT2D eigenvalue weighted by Gasteiger charge is 2.16. The minimum Gasteiger partial charge on any atom is -0.383 e. The molecular formula is C14H28N2O. The van der Waals surface area contributed by atoms with E-state index in [0.717, 1.165) is 39.1 Å². The lowest BCUT2D eigenvalue weighted by atomic mass is 9.90. The molecule has 0 spiro atoms. The summed E-state index contributed by atoms with van der Waals surface area (Å²) in [6.07, 6.45) is 2.04. The first-order valence-electron chi connectivity index (χ1n) is 6.54. The van der Waals surface area contributed by atoms with E-state index in [1.165, 1.54) is 0 Å². The lowest BCUT2D eigenvalue weighted by molar-refractivity contribution is 0.137. The van der Waals surface area contributed by atoms with Gasteiger partial charge in [0, 0.05) is 20.2 Å². The number of nitriles is 1. The van der Waals surface area contributed by atoms with Gasteiger partial charge in [-0.05, 0) is 39.2 Å². The largest absolute Gasteiger partial charge is 0.383 e. The third kappa shape index (κ3) is 9.14. The summed E-state index contributed by atoms with van der Waals surface area (Å²) < 4.78 is 5.13. The Hall–Kier alpha value is -0.590. The van der Waals surface area contributed by atoms with Crippen molar-refractivity contribution in [2.45, 2.75) is 40.5 Å². The van der Waals surface area contributed by atoms with Crippen LogP contribution in [0.1, 0.15) is 40.5 Å². The molecule has 0 saturated carbocycles. The van der Waals surface area contributed by atoms with Crippen LogP contribution in [0.5, 0.6) is 0 Å². The van der Waals surface area contributed by atoms with E-state index >= 15 is 0 Å². The fourth-order valence-corrected chi connectivity index (χ4v) is 1.83. The van der Waals surface area contributed by atoms with Gasteiger partial charge in [0.25, 0.3) is 0 Å². The highest BCUT2D eigenvalue weighted by atomic mass is 16.5. The first kappa shape index (κ1) is 16.4. The molecule has 0 radical (unpaired) electrons. The van der Waals surface area contributed by atoms with Crippen molar-refractivity contribution in [1.82, 2.24) is 4.90 Å². The third-order valence-corrected chi connectivity index (χ3v) is 2.81. The van der Waals surface area contributed by atoms with Gasteiger partial charge in [-0.25, -0.2) is 0 Å². The molecule has 0 atom stereocenters. The molecular weight excluding hydrogens is 212 g/mol. The van der Waals surface area contributed by atoms with Gasteiger partial charge in [0.1, 0.15) is 0 Å². The summed E-state index contributed by atoms with van der Waals surface area (Å²) in [6.45, 7) is 12.4. The maximum Gasteiger partial charge on any atom is 0.0683 e. The summed E-state index contributed by atoms with van der Waals surface area (Å²) in [4.78, 5) is 2.43. The van der Waals surface area contributed by atoms with Crippen molar-refractivity contribution in [2.24, 2.45) is 11.3 Å². The van der Waals surface area contributed by atoms with Gasteiger partial charge in [-0.2, -0.15) is 5.26 Å². The monoisotopic (exact) mass is 240 g/mol.